The van der Waals surface area contributed by atoms with Crippen molar-refractivity contribution in [3.05, 3.63) is 59.4 Å². The second-order valence-electron chi connectivity index (χ2n) is 5.29. The van der Waals surface area contributed by atoms with Crippen molar-refractivity contribution in [1.82, 2.24) is 0 Å². The zero-order valence-electron chi connectivity index (χ0n) is 13.3. The van der Waals surface area contributed by atoms with E-state index in [9.17, 15) is 9.18 Å². The molecule has 0 spiro atoms. The van der Waals surface area contributed by atoms with Gasteiger partial charge in [0, 0.05) is 25.3 Å². The Morgan fingerprint density at radius 3 is 2.48 bits per heavy atom. The maximum absolute atomic E-state index is 14.5. The third-order valence-corrected chi connectivity index (χ3v) is 3.53. The number of rotatable bonds is 4. The summed E-state index contributed by atoms with van der Waals surface area (Å²) < 4.78 is 19.1. The number of carbonyl (C=O) groups excluding carboxylic acids is 1. The Morgan fingerprint density at radius 1 is 1.26 bits per heavy atom. The number of benzene rings is 2. The molecule has 0 radical (unpaired) electrons. The van der Waals surface area contributed by atoms with Gasteiger partial charge >= 0.3 is 6.09 Å². The molecule has 1 atom stereocenters. The van der Waals surface area contributed by atoms with E-state index >= 15 is 0 Å². The number of nitrogens with one attached hydrogen (secondary N) is 1. The Hall–Kier alpha value is -2.60. The van der Waals surface area contributed by atoms with Gasteiger partial charge in [-0.15, -0.1) is 0 Å². The fraction of sp³-hybridized carbons (Fsp3) is 0.235. The van der Waals surface area contributed by atoms with Crippen molar-refractivity contribution in [1.29, 1.82) is 0 Å². The Morgan fingerprint density at radius 2 is 1.91 bits per heavy atom. The zero-order chi connectivity index (χ0) is 17.0. The lowest BCUT2D eigenvalue weighted by atomic mass is 9.97. The normalized spacial score (nSPS) is 11.7. The van der Waals surface area contributed by atoms with Crippen molar-refractivity contribution >= 4 is 17.5 Å². The first kappa shape index (κ1) is 16.8. The highest BCUT2D eigenvalue weighted by Gasteiger charge is 2.20. The van der Waals surface area contributed by atoms with Crippen LogP contribution in [0.5, 0.6) is 0 Å². The van der Waals surface area contributed by atoms with Crippen LogP contribution in [0.25, 0.3) is 0 Å². The van der Waals surface area contributed by atoms with Crippen molar-refractivity contribution in [2.24, 2.45) is 5.73 Å². The minimum Gasteiger partial charge on any atom is -0.453 e. The van der Waals surface area contributed by atoms with Crippen LogP contribution in [0.15, 0.2) is 42.5 Å². The van der Waals surface area contributed by atoms with Gasteiger partial charge in [0.05, 0.1) is 18.8 Å². The number of ether oxygens (including phenoxy) is 1. The minimum absolute atomic E-state index is 0.0267. The standard InChI is InChI=1S/C17H20FN3O2/c1-21(2)12-9-13(15(19)11-7-5-4-6-8-11)16(14(18)10-12)20-17(22)23-3/h4-10,15H,19H2,1-3H3,(H,20,22). The summed E-state index contributed by atoms with van der Waals surface area (Å²) in [6.45, 7) is 0. The summed E-state index contributed by atoms with van der Waals surface area (Å²) in [6.07, 6.45) is -0.747. The maximum atomic E-state index is 14.5. The molecule has 0 bridgehead atoms. The first-order valence-electron chi connectivity index (χ1n) is 7.10. The molecule has 3 N–H and O–H groups in total. The molecule has 1 unspecified atom stereocenters. The molecule has 0 fully saturated rings. The van der Waals surface area contributed by atoms with E-state index < -0.39 is 18.0 Å². The lowest BCUT2D eigenvalue weighted by Crippen LogP contribution is -2.20. The van der Waals surface area contributed by atoms with Crippen molar-refractivity contribution in [2.45, 2.75) is 6.04 Å². The second kappa shape index (κ2) is 7.11. The summed E-state index contributed by atoms with van der Waals surface area (Å²) in [4.78, 5) is 13.3. The Kier molecular flexibility index (Phi) is 5.18. The average molecular weight is 317 g/mol. The van der Waals surface area contributed by atoms with Gasteiger partial charge in [0.1, 0.15) is 5.82 Å². The molecule has 5 nitrogen and oxygen atoms in total. The van der Waals surface area contributed by atoms with Gasteiger partial charge in [0.25, 0.3) is 0 Å². The molecule has 0 aliphatic heterocycles. The molecular formula is C17H20FN3O2. The van der Waals surface area contributed by atoms with Crippen LogP contribution in [-0.4, -0.2) is 27.3 Å². The van der Waals surface area contributed by atoms with E-state index in [0.29, 0.717) is 11.3 Å². The zero-order valence-corrected chi connectivity index (χ0v) is 13.3. The molecular weight excluding hydrogens is 297 g/mol. The number of hydrogen-bond acceptors (Lipinski definition) is 4. The average Bonchev–Trinajstić information content (AvgIpc) is 2.56. The molecule has 1 amide bonds. The van der Waals surface area contributed by atoms with E-state index in [2.05, 4.69) is 10.1 Å². The largest absolute Gasteiger partial charge is 0.453 e. The summed E-state index contributed by atoms with van der Waals surface area (Å²) in [5.41, 5.74) is 8.27. The number of hydrogen-bond donors (Lipinski definition) is 2. The quantitative estimate of drug-likeness (QED) is 0.909. The van der Waals surface area contributed by atoms with Gasteiger partial charge in [-0.3, -0.25) is 5.32 Å². The number of anilines is 2. The van der Waals surface area contributed by atoms with Gasteiger partial charge in [-0.05, 0) is 17.7 Å². The van der Waals surface area contributed by atoms with E-state index in [-0.39, 0.29) is 5.69 Å². The van der Waals surface area contributed by atoms with Crippen LogP contribution in [0.3, 0.4) is 0 Å². The highest BCUT2D eigenvalue weighted by Crippen LogP contribution is 2.33. The van der Waals surface area contributed by atoms with E-state index in [0.717, 1.165) is 5.56 Å². The van der Waals surface area contributed by atoms with E-state index in [1.165, 1.54) is 13.2 Å². The molecule has 0 aromatic heterocycles. The van der Waals surface area contributed by atoms with Crippen molar-refractivity contribution in [3.63, 3.8) is 0 Å². The van der Waals surface area contributed by atoms with Crippen molar-refractivity contribution in [3.8, 4) is 0 Å². The molecule has 122 valence electrons. The predicted octanol–water partition coefficient (Wildman–Crippen LogP) is 3.12. The minimum atomic E-state index is -0.747. The van der Waals surface area contributed by atoms with Gasteiger partial charge in [0.2, 0.25) is 0 Å². The SMILES string of the molecule is COC(=O)Nc1c(F)cc(N(C)C)cc1C(N)c1ccccc1. The lowest BCUT2D eigenvalue weighted by molar-refractivity contribution is 0.186. The number of halogens is 1. The highest BCUT2D eigenvalue weighted by atomic mass is 19.1. The van der Waals surface area contributed by atoms with Crippen LogP contribution < -0.4 is 16.0 Å². The molecule has 0 aliphatic rings. The highest BCUT2D eigenvalue weighted by molar-refractivity contribution is 5.86. The van der Waals surface area contributed by atoms with E-state index in [4.69, 9.17) is 5.73 Å². The first-order valence-corrected chi connectivity index (χ1v) is 7.10. The van der Waals surface area contributed by atoms with Crippen LogP contribution in [0.4, 0.5) is 20.6 Å². The fourth-order valence-corrected chi connectivity index (χ4v) is 2.24. The molecule has 23 heavy (non-hydrogen) atoms. The Bertz CT molecular complexity index is 690. The molecule has 0 saturated carbocycles. The van der Waals surface area contributed by atoms with Gasteiger partial charge in [-0.2, -0.15) is 0 Å². The van der Waals surface area contributed by atoms with Crippen LogP contribution >= 0.6 is 0 Å². The Balaban J connectivity index is 2.55. The van der Waals surface area contributed by atoms with Gasteiger partial charge in [-0.25, -0.2) is 9.18 Å². The molecule has 2 rings (SSSR count). The summed E-state index contributed by atoms with van der Waals surface area (Å²) in [7, 11) is 4.83. The van der Waals surface area contributed by atoms with Gasteiger partial charge in [0.15, 0.2) is 0 Å². The summed E-state index contributed by atoms with van der Waals surface area (Å²) in [5.74, 6) is -0.567. The second-order valence-corrected chi connectivity index (χ2v) is 5.29. The first-order chi connectivity index (χ1) is 10.9. The van der Waals surface area contributed by atoms with Crippen molar-refractivity contribution < 1.29 is 13.9 Å². The fourth-order valence-electron chi connectivity index (χ4n) is 2.24. The van der Waals surface area contributed by atoms with Crippen LogP contribution in [-0.2, 0) is 4.74 Å². The van der Waals surface area contributed by atoms with E-state index in [1.54, 1.807) is 25.1 Å². The lowest BCUT2D eigenvalue weighted by Gasteiger charge is -2.21. The summed E-state index contributed by atoms with van der Waals surface area (Å²) in [5, 5.41) is 2.41. The molecule has 2 aromatic rings. The topological polar surface area (TPSA) is 67.6 Å². The van der Waals surface area contributed by atoms with Crippen LogP contribution in [0, 0.1) is 5.82 Å². The molecule has 0 heterocycles. The van der Waals surface area contributed by atoms with Crippen LogP contribution in [0.2, 0.25) is 0 Å². The maximum Gasteiger partial charge on any atom is 0.411 e. The van der Waals surface area contributed by atoms with Crippen LogP contribution in [0.1, 0.15) is 17.2 Å². The smallest absolute Gasteiger partial charge is 0.411 e. The van der Waals surface area contributed by atoms with Crippen molar-refractivity contribution in [2.75, 3.05) is 31.4 Å². The molecule has 0 saturated heterocycles. The number of methoxy groups -OCH3 is 1. The third-order valence-electron chi connectivity index (χ3n) is 3.53. The van der Waals surface area contributed by atoms with Gasteiger partial charge in [-0.1, -0.05) is 30.3 Å². The monoisotopic (exact) mass is 317 g/mol. The van der Waals surface area contributed by atoms with E-state index in [1.807, 2.05) is 30.3 Å². The number of nitrogens with two attached hydrogens (primary N) is 1. The molecule has 2 aromatic carbocycles. The Labute approximate surface area is 134 Å². The number of nitrogens with zero attached hydrogens (tertiary/aromatic N) is 1. The van der Waals surface area contributed by atoms with Gasteiger partial charge < -0.3 is 15.4 Å². The molecule has 6 heteroatoms. The molecule has 0 aliphatic carbocycles. The number of carbonyl (C=O) groups is 1. The number of amides is 1. The summed E-state index contributed by atoms with van der Waals surface area (Å²) in [6, 6.07) is 11.8. The third kappa shape index (κ3) is 3.78. The summed E-state index contributed by atoms with van der Waals surface area (Å²) >= 11 is 0. The predicted molar refractivity (Wildman–Crippen MR) is 89.2 cm³/mol.